The van der Waals surface area contributed by atoms with Crippen LogP contribution in [0.5, 0.6) is 0 Å². The minimum atomic E-state index is 0.186. The first-order valence-corrected chi connectivity index (χ1v) is 30.8. The second-order valence-electron chi connectivity index (χ2n) is 29.0. The van der Waals surface area contributed by atoms with Crippen molar-refractivity contribution in [2.75, 3.05) is 14.7 Å². The Morgan fingerprint density at radius 2 is 0.964 bits per heavy atom. The molecular formula is C78H74BN3O. The summed E-state index contributed by atoms with van der Waals surface area (Å²) in [5.74, 6) is 0.888. The lowest BCUT2D eigenvalue weighted by Gasteiger charge is -2.36. The minimum absolute atomic E-state index is 0.186. The molecule has 1 aliphatic heterocycles. The van der Waals surface area contributed by atoms with Gasteiger partial charge in [-0.2, -0.15) is 0 Å². The smallest absolute Gasteiger partial charge is 0.197 e. The van der Waals surface area contributed by atoms with Gasteiger partial charge in [-0.3, -0.25) is 0 Å². The van der Waals surface area contributed by atoms with Crippen molar-refractivity contribution in [3.8, 4) is 11.3 Å². The summed E-state index contributed by atoms with van der Waals surface area (Å²) in [6, 6.07) is 64.5. The molecule has 10 aromatic rings. The Labute approximate surface area is 491 Å². The third-order valence-electron chi connectivity index (χ3n) is 19.7. The Morgan fingerprint density at radius 1 is 0.422 bits per heavy atom. The van der Waals surface area contributed by atoms with Crippen molar-refractivity contribution >= 4 is 97.2 Å². The summed E-state index contributed by atoms with van der Waals surface area (Å²) >= 11 is 0. The molecule has 5 heteroatoms. The van der Waals surface area contributed by atoms with Crippen LogP contribution in [0.2, 0.25) is 0 Å². The zero-order valence-corrected chi connectivity index (χ0v) is 49.8. The fourth-order valence-corrected chi connectivity index (χ4v) is 16.1. The van der Waals surface area contributed by atoms with Gasteiger partial charge in [-0.05, 0) is 243 Å². The van der Waals surface area contributed by atoms with Crippen LogP contribution in [0, 0.1) is 21.7 Å². The van der Waals surface area contributed by atoms with E-state index in [-0.39, 0.29) is 21.7 Å². The molecule has 0 atom stereocenters. The number of benzene rings is 9. The molecule has 2 heterocycles. The SMILES string of the molecule is CC1(C)Cc2ccc(N3c4cc(cc(N(c5ccc6cc(-c7cc8ccccc8o7)ccc6c5)c5cccc6c5CCC=C6)c4)N(c4ccc5c(c4)CC(C)(C)C5)c4cc5c(cc4Bc4cc6c(cc43)CC(C)(C)C6)CC(C)(C)C5)cc2C1. The standard InChI is InChI=1S/C78H74BN3O/c1-75(2)40-53-23-26-62(30-55(53)42-75)81-65-37-64(80(70-18-13-16-48-14-9-11-17-67(48)70)61-25-22-49-28-52(21-20-50(49)29-61)74-36-51-15-10-12-19-73(51)83-74)38-66(39-65)82(63-27-24-54-41-76(3,4)43-56(54)31-63)72-35-60-47-78(7,8)45-58(60)33-69(72)79-68-32-57-44-77(5,6)46-59(57)34-71(68)81/h9-10,12-16,18-39,79H,11,17,40-47H2,1-8H3. The molecule has 0 spiro atoms. The Morgan fingerprint density at radius 3 is 1.57 bits per heavy atom. The molecule has 0 saturated carbocycles. The topological polar surface area (TPSA) is 22.9 Å². The average Bonchev–Trinajstić information content (AvgIpc) is 4.48. The maximum absolute atomic E-state index is 6.43. The quantitative estimate of drug-likeness (QED) is 0.155. The monoisotopic (exact) mass is 1080 g/mol. The lowest BCUT2D eigenvalue weighted by molar-refractivity contribution is 0.392. The second kappa shape index (κ2) is 18.2. The van der Waals surface area contributed by atoms with E-state index in [4.69, 9.17) is 4.42 Å². The van der Waals surface area contributed by atoms with Crippen LogP contribution in [0.1, 0.15) is 117 Å². The third kappa shape index (κ3) is 8.86. The van der Waals surface area contributed by atoms with E-state index in [1.807, 2.05) is 6.07 Å². The fraction of sp³-hybridized carbons (Fsp3) is 0.282. The largest absolute Gasteiger partial charge is 0.456 e. The number of allylic oxidation sites excluding steroid dienone is 1. The molecule has 2 bridgehead atoms. The summed E-state index contributed by atoms with van der Waals surface area (Å²) in [5.41, 5.74) is 31.0. The molecule has 0 fully saturated rings. The summed E-state index contributed by atoms with van der Waals surface area (Å²) < 4.78 is 6.43. The summed E-state index contributed by atoms with van der Waals surface area (Å²) in [6.45, 7) is 19.6. The van der Waals surface area contributed by atoms with Crippen LogP contribution in [0.15, 0.2) is 174 Å². The lowest BCUT2D eigenvalue weighted by atomic mass is 9.61. The van der Waals surface area contributed by atoms with Crippen LogP contribution in [0.25, 0.3) is 39.1 Å². The highest BCUT2D eigenvalue weighted by Gasteiger charge is 2.37. The molecule has 16 rings (SSSR count). The first-order chi connectivity index (χ1) is 39.9. The van der Waals surface area contributed by atoms with Gasteiger partial charge in [-0.25, -0.2) is 0 Å². The molecule has 410 valence electrons. The molecule has 0 unspecified atom stereocenters. The van der Waals surface area contributed by atoms with Gasteiger partial charge in [0.15, 0.2) is 7.28 Å². The highest BCUT2D eigenvalue weighted by Crippen LogP contribution is 2.52. The number of rotatable bonds is 6. The molecule has 9 aromatic carbocycles. The van der Waals surface area contributed by atoms with Gasteiger partial charge in [0.05, 0.1) is 17.1 Å². The molecule has 1 aromatic heterocycles. The van der Waals surface area contributed by atoms with Gasteiger partial charge >= 0.3 is 0 Å². The second-order valence-corrected chi connectivity index (χ2v) is 29.0. The van der Waals surface area contributed by atoms with Crippen LogP contribution < -0.4 is 25.6 Å². The number of fused-ring (bicyclic) bond motifs is 11. The van der Waals surface area contributed by atoms with Crippen molar-refractivity contribution in [1.29, 1.82) is 0 Å². The van der Waals surface area contributed by atoms with Crippen LogP contribution >= 0.6 is 0 Å². The van der Waals surface area contributed by atoms with Crippen molar-refractivity contribution < 1.29 is 4.42 Å². The molecule has 83 heavy (non-hydrogen) atoms. The Kier molecular flexibility index (Phi) is 11.1. The van der Waals surface area contributed by atoms with Gasteiger partial charge in [0, 0.05) is 45.1 Å². The number of para-hydroxylation sites is 1. The average molecular weight is 1080 g/mol. The van der Waals surface area contributed by atoms with E-state index in [2.05, 4.69) is 240 Å². The van der Waals surface area contributed by atoms with E-state index >= 15 is 0 Å². The van der Waals surface area contributed by atoms with E-state index < -0.39 is 0 Å². The molecule has 0 radical (unpaired) electrons. The van der Waals surface area contributed by atoms with Gasteiger partial charge in [0.2, 0.25) is 0 Å². The number of nitrogens with zero attached hydrogens (tertiary/aromatic N) is 3. The molecule has 6 aliphatic rings. The molecule has 4 nitrogen and oxygen atoms in total. The highest BCUT2D eigenvalue weighted by molar-refractivity contribution is 6.70. The third-order valence-corrected chi connectivity index (χ3v) is 19.7. The molecule has 0 amide bonds. The Balaban J connectivity index is 0.984. The zero-order chi connectivity index (χ0) is 56.3. The van der Waals surface area contributed by atoms with Crippen molar-refractivity contribution in [1.82, 2.24) is 0 Å². The zero-order valence-electron chi connectivity index (χ0n) is 49.8. The first kappa shape index (κ1) is 50.7. The van der Waals surface area contributed by atoms with Gasteiger partial charge in [-0.1, -0.05) is 151 Å². The van der Waals surface area contributed by atoms with Crippen molar-refractivity contribution in [3.05, 3.63) is 226 Å². The maximum Gasteiger partial charge on any atom is 0.197 e. The number of hydrogen-bond acceptors (Lipinski definition) is 4. The van der Waals surface area contributed by atoms with Crippen LogP contribution in [0.3, 0.4) is 0 Å². The Bertz CT molecular complexity index is 4220. The number of furan rings is 1. The van der Waals surface area contributed by atoms with E-state index in [1.165, 1.54) is 106 Å². The van der Waals surface area contributed by atoms with Gasteiger partial charge in [0.25, 0.3) is 0 Å². The summed E-state index contributed by atoms with van der Waals surface area (Å²) in [4.78, 5) is 7.98. The van der Waals surface area contributed by atoms with Gasteiger partial charge in [0.1, 0.15) is 11.3 Å². The first-order valence-electron chi connectivity index (χ1n) is 30.8. The highest BCUT2D eigenvalue weighted by atomic mass is 16.3. The number of anilines is 9. The van der Waals surface area contributed by atoms with Crippen LogP contribution in [0.4, 0.5) is 51.2 Å². The van der Waals surface area contributed by atoms with Crippen molar-refractivity contribution in [2.24, 2.45) is 21.7 Å². The predicted octanol–water partition coefficient (Wildman–Crippen LogP) is 18.8. The molecule has 0 N–H and O–H groups in total. The van der Waals surface area contributed by atoms with E-state index in [1.54, 1.807) is 0 Å². The number of hydrogen-bond donors (Lipinski definition) is 0. The maximum atomic E-state index is 6.43. The molecule has 5 aliphatic carbocycles. The van der Waals surface area contributed by atoms with Crippen molar-refractivity contribution in [3.63, 3.8) is 0 Å². The van der Waals surface area contributed by atoms with E-state index in [0.29, 0.717) is 0 Å². The van der Waals surface area contributed by atoms with Crippen molar-refractivity contribution in [2.45, 2.75) is 120 Å². The molecule has 0 saturated heterocycles. The summed E-state index contributed by atoms with van der Waals surface area (Å²) in [5, 5.41) is 3.48. The minimum Gasteiger partial charge on any atom is -0.456 e. The van der Waals surface area contributed by atoms with Gasteiger partial charge < -0.3 is 19.1 Å². The van der Waals surface area contributed by atoms with E-state index in [9.17, 15) is 0 Å². The normalized spacial score (nSPS) is 18.0. The van der Waals surface area contributed by atoms with Crippen LogP contribution in [-0.2, 0) is 57.8 Å². The van der Waals surface area contributed by atoms with Gasteiger partial charge in [-0.15, -0.1) is 0 Å². The predicted molar refractivity (Wildman–Crippen MR) is 352 cm³/mol. The van der Waals surface area contributed by atoms with Crippen LogP contribution in [-0.4, -0.2) is 7.28 Å². The summed E-state index contributed by atoms with van der Waals surface area (Å²) in [6.07, 6.45) is 15.3. The molecular weight excluding hydrogens is 1010 g/mol. The Hall–Kier alpha value is -8.02. The fourth-order valence-electron chi connectivity index (χ4n) is 16.1. The van der Waals surface area contributed by atoms with E-state index in [0.717, 1.165) is 117 Å². The summed E-state index contributed by atoms with van der Waals surface area (Å²) in [7, 11) is 0.830. The lowest BCUT2D eigenvalue weighted by Crippen LogP contribution is -2.36.